The molecule has 0 aliphatic carbocycles. The highest BCUT2D eigenvalue weighted by Gasteiger charge is 2.35. The van der Waals surface area contributed by atoms with Crippen molar-refractivity contribution in [2.75, 3.05) is 13.1 Å². The smallest absolute Gasteiger partial charge is 0.241 e. The van der Waals surface area contributed by atoms with Crippen LogP contribution in [0.2, 0.25) is 5.02 Å². The topological polar surface area (TPSA) is 49.3 Å². The molecule has 2 aromatic rings. The van der Waals surface area contributed by atoms with Crippen molar-refractivity contribution in [2.24, 2.45) is 0 Å². The Balaban J connectivity index is 1.36. The molecule has 144 valence electrons. The van der Waals surface area contributed by atoms with Crippen LogP contribution in [-0.2, 0) is 4.79 Å². The maximum absolute atomic E-state index is 13.0. The number of halogens is 1. The zero-order valence-electron chi connectivity index (χ0n) is 15.9. The van der Waals surface area contributed by atoms with Crippen molar-refractivity contribution in [1.29, 1.82) is 0 Å². The van der Waals surface area contributed by atoms with E-state index in [1.54, 1.807) is 0 Å². The molecule has 0 saturated carbocycles. The Labute approximate surface area is 165 Å². The van der Waals surface area contributed by atoms with Crippen LogP contribution in [0.25, 0.3) is 0 Å². The summed E-state index contributed by atoms with van der Waals surface area (Å²) in [4.78, 5) is 15.0. The van der Waals surface area contributed by atoms with Crippen molar-refractivity contribution in [1.82, 2.24) is 20.3 Å². The maximum atomic E-state index is 13.0. The first-order chi connectivity index (χ1) is 13.0. The molecule has 2 aliphatic heterocycles. The van der Waals surface area contributed by atoms with Crippen molar-refractivity contribution >= 4 is 17.5 Å². The molecule has 1 aromatic heterocycles. The minimum Gasteiger partial charge on any atom is -0.346 e. The summed E-state index contributed by atoms with van der Waals surface area (Å²) >= 11 is 6.31. The second kappa shape index (κ2) is 7.66. The second-order valence-electron chi connectivity index (χ2n) is 7.69. The van der Waals surface area contributed by atoms with Gasteiger partial charge in [-0.3, -0.25) is 4.79 Å². The molecule has 2 unspecified atom stereocenters. The summed E-state index contributed by atoms with van der Waals surface area (Å²) < 4.78 is 2.42. The van der Waals surface area contributed by atoms with Crippen LogP contribution < -0.4 is 10.9 Å². The Morgan fingerprint density at radius 2 is 1.70 bits per heavy atom. The Morgan fingerprint density at radius 3 is 2.37 bits per heavy atom. The molecule has 3 heterocycles. The van der Waals surface area contributed by atoms with E-state index in [0.717, 1.165) is 42.9 Å². The fourth-order valence-corrected chi connectivity index (χ4v) is 4.77. The summed E-state index contributed by atoms with van der Waals surface area (Å²) in [5, 5.41) is 0.739. The highest BCUT2D eigenvalue weighted by Crippen LogP contribution is 2.30. The van der Waals surface area contributed by atoms with Crippen LogP contribution in [0.15, 0.2) is 36.4 Å². The predicted octanol–water partition coefficient (Wildman–Crippen LogP) is 3.53. The average molecular weight is 387 g/mol. The Morgan fingerprint density at radius 1 is 1.04 bits per heavy atom. The lowest BCUT2D eigenvalue weighted by Crippen LogP contribution is -2.48. The maximum Gasteiger partial charge on any atom is 0.241 e. The van der Waals surface area contributed by atoms with Gasteiger partial charge in [0.25, 0.3) is 0 Å². The van der Waals surface area contributed by atoms with Gasteiger partial charge in [-0.25, -0.2) is 10.9 Å². The number of hydrogen-bond acceptors (Lipinski definition) is 3. The third kappa shape index (κ3) is 3.64. The van der Waals surface area contributed by atoms with Crippen LogP contribution in [0.5, 0.6) is 0 Å². The molecular weight excluding hydrogens is 360 g/mol. The van der Waals surface area contributed by atoms with Crippen molar-refractivity contribution in [3.05, 3.63) is 58.4 Å². The first kappa shape index (κ1) is 18.5. The molecule has 2 aliphatic rings. The Hall–Kier alpha value is -1.82. The van der Waals surface area contributed by atoms with Gasteiger partial charge in [0.2, 0.25) is 5.91 Å². The molecule has 2 saturated heterocycles. The van der Waals surface area contributed by atoms with Gasteiger partial charge >= 0.3 is 0 Å². The van der Waals surface area contributed by atoms with Crippen LogP contribution in [0.3, 0.4) is 0 Å². The molecule has 2 atom stereocenters. The minimum absolute atomic E-state index is 0.0652. The number of carbonyl (C=O) groups is 1. The number of likely N-dealkylation sites (tertiary alicyclic amines) is 1. The number of nitrogens with one attached hydrogen (secondary N) is 2. The Bertz CT molecular complexity index is 806. The molecule has 27 heavy (non-hydrogen) atoms. The van der Waals surface area contributed by atoms with E-state index < -0.39 is 0 Å². The summed E-state index contributed by atoms with van der Waals surface area (Å²) in [5.41, 5.74) is 10.1. The summed E-state index contributed by atoms with van der Waals surface area (Å²) in [6, 6.07) is 12.5. The molecule has 1 aromatic carbocycles. The second-order valence-corrected chi connectivity index (χ2v) is 8.10. The molecule has 1 amide bonds. The zero-order chi connectivity index (χ0) is 19.0. The van der Waals surface area contributed by atoms with E-state index in [1.165, 1.54) is 11.4 Å². The van der Waals surface area contributed by atoms with Gasteiger partial charge in [-0.15, -0.1) is 0 Å². The van der Waals surface area contributed by atoms with Gasteiger partial charge in [-0.2, -0.15) is 0 Å². The van der Waals surface area contributed by atoms with E-state index in [-0.39, 0.29) is 18.0 Å². The highest BCUT2D eigenvalue weighted by molar-refractivity contribution is 6.31. The number of hydrazine groups is 1. The first-order valence-electron chi connectivity index (χ1n) is 9.73. The van der Waals surface area contributed by atoms with Crippen LogP contribution in [0, 0.1) is 13.8 Å². The van der Waals surface area contributed by atoms with Crippen molar-refractivity contribution in [2.45, 2.75) is 51.2 Å². The number of hydrogen-bond donors (Lipinski definition) is 2. The van der Waals surface area contributed by atoms with E-state index >= 15 is 0 Å². The number of aryl methyl sites for hydroxylation is 2. The van der Waals surface area contributed by atoms with Crippen molar-refractivity contribution in [3.8, 4) is 0 Å². The van der Waals surface area contributed by atoms with E-state index in [2.05, 4.69) is 41.4 Å². The fourth-order valence-electron chi connectivity index (χ4n) is 4.50. The molecule has 0 bridgehead atoms. The van der Waals surface area contributed by atoms with Crippen LogP contribution >= 0.6 is 11.6 Å². The highest BCUT2D eigenvalue weighted by atomic mass is 35.5. The van der Waals surface area contributed by atoms with Gasteiger partial charge in [0.05, 0.1) is 0 Å². The van der Waals surface area contributed by atoms with Gasteiger partial charge in [-0.05, 0) is 56.9 Å². The number of rotatable bonds is 3. The van der Waals surface area contributed by atoms with Crippen LogP contribution in [0.4, 0.5) is 0 Å². The summed E-state index contributed by atoms with van der Waals surface area (Å²) in [6.45, 7) is 5.95. The molecule has 4 rings (SSSR count). The molecule has 0 spiro atoms. The predicted molar refractivity (Wildman–Crippen MR) is 108 cm³/mol. The molecule has 0 radical (unpaired) electrons. The molecule has 6 heteroatoms. The van der Waals surface area contributed by atoms with E-state index in [9.17, 15) is 4.79 Å². The lowest BCUT2D eigenvalue weighted by molar-refractivity contribution is -0.134. The molecular formula is C21H27ClN4O. The third-order valence-electron chi connectivity index (χ3n) is 5.95. The Kier molecular flexibility index (Phi) is 5.26. The van der Waals surface area contributed by atoms with Gasteiger partial charge in [-0.1, -0.05) is 29.8 Å². The number of nitrogens with zero attached hydrogens (tertiary/aromatic N) is 2. The fraction of sp³-hybridized carbons (Fsp3) is 0.476. The molecule has 2 fully saturated rings. The standard InChI is InChI=1S/C21H27ClN4O/c1-14-7-8-15(2)26(14)16-9-11-25(12-10-16)21(27)20-13-19(23-24-20)17-5-3-4-6-18(17)22/h3-8,16,19-20,23-24H,9-13H2,1-2H3. The molecule has 2 N–H and O–H groups in total. The summed E-state index contributed by atoms with van der Waals surface area (Å²) in [7, 11) is 0. The number of piperidine rings is 1. The third-order valence-corrected chi connectivity index (χ3v) is 6.29. The van der Waals surface area contributed by atoms with Crippen molar-refractivity contribution in [3.63, 3.8) is 0 Å². The number of aromatic nitrogens is 1. The quantitative estimate of drug-likeness (QED) is 0.848. The normalized spacial score (nSPS) is 23.7. The lowest BCUT2D eigenvalue weighted by atomic mass is 9.99. The zero-order valence-corrected chi connectivity index (χ0v) is 16.7. The summed E-state index contributed by atoms with van der Waals surface area (Å²) in [5.74, 6) is 0.191. The average Bonchev–Trinajstić information content (AvgIpc) is 3.29. The van der Waals surface area contributed by atoms with Crippen LogP contribution in [-0.4, -0.2) is 34.5 Å². The first-order valence-corrected chi connectivity index (χ1v) is 10.1. The van der Waals surface area contributed by atoms with E-state index in [4.69, 9.17) is 11.6 Å². The molecule has 5 nitrogen and oxygen atoms in total. The van der Waals surface area contributed by atoms with E-state index in [1.807, 2.05) is 29.2 Å². The van der Waals surface area contributed by atoms with Crippen LogP contribution in [0.1, 0.15) is 48.3 Å². The number of benzene rings is 1. The monoisotopic (exact) mass is 386 g/mol. The SMILES string of the molecule is Cc1ccc(C)n1C1CCN(C(=O)C2CC(c3ccccc3Cl)NN2)CC1. The summed E-state index contributed by atoms with van der Waals surface area (Å²) in [6.07, 6.45) is 2.74. The van der Waals surface area contributed by atoms with Gasteiger partial charge < -0.3 is 9.47 Å². The minimum atomic E-state index is -0.196. The number of amides is 1. The largest absolute Gasteiger partial charge is 0.346 e. The van der Waals surface area contributed by atoms with Crippen molar-refractivity contribution < 1.29 is 4.79 Å². The number of carbonyl (C=O) groups excluding carboxylic acids is 1. The van der Waals surface area contributed by atoms with Gasteiger partial charge in [0.1, 0.15) is 6.04 Å². The van der Waals surface area contributed by atoms with Gasteiger partial charge in [0.15, 0.2) is 0 Å². The lowest BCUT2D eigenvalue weighted by Gasteiger charge is -2.35. The van der Waals surface area contributed by atoms with Gasteiger partial charge in [0, 0.05) is 41.6 Å². The van der Waals surface area contributed by atoms with E-state index in [0.29, 0.717) is 6.04 Å².